The Morgan fingerprint density at radius 3 is 2.29 bits per heavy atom. The molecule has 2 saturated heterocycles. The maximum absolute atomic E-state index is 14.2. The molecule has 3 aliphatic heterocycles. The number of carbonyl (C=O) groups is 2. The van der Waals surface area contributed by atoms with Gasteiger partial charge in [-0.3, -0.25) is 9.59 Å². The SMILES string of the molecule is COc1cc(C(=O)N2Cc3ccc(C(=O)N4CCC(N5CCCCC5)CC4)n3Cc3ccccc32)ccc1-c1ccccc1C. The molecule has 2 amide bonds. The topological polar surface area (TPSA) is 58.0 Å². The minimum atomic E-state index is -0.0978. The number of rotatable bonds is 5. The molecule has 0 bridgehead atoms. The van der Waals surface area contributed by atoms with Crippen molar-refractivity contribution in [3.05, 3.63) is 107 Å². The van der Waals surface area contributed by atoms with Gasteiger partial charge in [-0.15, -0.1) is 0 Å². The minimum Gasteiger partial charge on any atom is -0.496 e. The lowest BCUT2D eigenvalue weighted by molar-refractivity contribution is 0.0580. The van der Waals surface area contributed by atoms with Crippen LogP contribution in [0.2, 0.25) is 0 Å². The van der Waals surface area contributed by atoms with Crippen LogP contribution in [0.5, 0.6) is 5.75 Å². The number of aromatic nitrogens is 1. The molecule has 4 heterocycles. The quantitative estimate of drug-likeness (QED) is 0.253. The number of fused-ring (bicyclic) bond motifs is 2. The first kappa shape index (κ1) is 29.4. The molecule has 0 spiro atoms. The fraction of sp³-hybridized carbons (Fsp3) is 0.368. The molecule has 0 saturated carbocycles. The molecule has 0 aliphatic carbocycles. The zero-order valence-corrected chi connectivity index (χ0v) is 26.4. The summed E-state index contributed by atoms with van der Waals surface area (Å²) in [5.74, 6) is 0.658. The second-order valence-electron chi connectivity index (χ2n) is 12.7. The van der Waals surface area contributed by atoms with Crippen LogP contribution in [0.1, 0.15) is 69.8 Å². The van der Waals surface area contributed by atoms with Crippen LogP contribution in [0.25, 0.3) is 11.1 Å². The van der Waals surface area contributed by atoms with Gasteiger partial charge in [-0.25, -0.2) is 0 Å². The van der Waals surface area contributed by atoms with Gasteiger partial charge in [-0.2, -0.15) is 0 Å². The zero-order valence-electron chi connectivity index (χ0n) is 26.4. The van der Waals surface area contributed by atoms with Crippen molar-refractivity contribution in [1.29, 1.82) is 0 Å². The summed E-state index contributed by atoms with van der Waals surface area (Å²) in [6, 6.07) is 26.5. The lowest BCUT2D eigenvalue weighted by Crippen LogP contribution is -2.48. The number of nitrogens with zero attached hydrogens (tertiary/aromatic N) is 4. The van der Waals surface area contributed by atoms with Crippen molar-refractivity contribution in [3.63, 3.8) is 0 Å². The average Bonchev–Trinajstić information content (AvgIpc) is 3.40. The Balaban J connectivity index is 1.14. The van der Waals surface area contributed by atoms with Gasteiger partial charge in [-0.05, 0) is 98.8 Å². The highest BCUT2D eigenvalue weighted by atomic mass is 16.5. The second-order valence-corrected chi connectivity index (χ2v) is 12.7. The van der Waals surface area contributed by atoms with E-state index in [1.165, 1.54) is 32.4 Å². The predicted molar refractivity (Wildman–Crippen MR) is 178 cm³/mol. The lowest BCUT2D eigenvalue weighted by Gasteiger charge is -2.40. The summed E-state index contributed by atoms with van der Waals surface area (Å²) in [7, 11) is 1.65. The molecular weight excluding hydrogens is 560 g/mol. The number of para-hydroxylation sites is 1. The number of hydrogen-bond donors (Lipinski definition) is 0. The van der Waals surface area contributed by atoms with Crippen molar-refractivity contribution in [2.24, 2.45) is 0 Å². The van der Waals surface area contributed by atoms with Gasteiger partial charge in [0.05, 0.1) is 20.2 Å². The normalized spacial score (nSPS) is 17.4. The number of piperidine rings is 2. The van der Waals surface area contributed by atoms with Crippen molar-refractivity contribution >= 4 is 17.5 Å². The van der Waals surface area contributed by atoms with Crippen LogP contribution in [0.3, 0.4) is 0 Å². The molecule has 3 aromatic carbocycles. The molecule has 0 unspecified atom stereocenters. The molecule has 2 fully saturated rings. The van der Waals surface area contributed by atoms with E-state index < -0.39 is 0 Å². The van der Waals surface area contributed by atoms with Crippen molar-refractivity contribution in [2.45, 2.75) is 58.2 Å². The van der Waals surface area contributed by atoms with Crippen LogP contribution in [0.15, 0.2) is 78.9 Å². The summed E-state index contributed by atoms with van der Waals surface area (Å²) in [5, 5.41) is 0. The van der Waals surface area contributed by atoms with E-state index in [2.05, 4.69) is 34.6 Å². The van der Waals surface area contributed by atoms with Crippen molar-refractivity contribution < 1.29 is 14.3 Å². The van der Waals surface area contributed by atoms with E-state index in [0.717, 1.165) is 59.6 Å². The lowest BCUT2D eigenvalue weighted by atomic mass is 9.98. The van der Waals surface area contributed by atoms with Crippen LogP contribution in [-0.2, 0) is 13.1 Å². The monoisotopic (exact) mass is 602 g/mol. The first-order chi connectivity index (χ1) is 22.0. The maximum Gasteiger partial charge on any atom is 0.270 e. The van der Waals surface area contributed by atoms with E-state index in [1.807, 2.05) is 70.5 Å². The summed E-state index contributed by atoms with van der Waals surface area (Å²) >= 11 is 0. The molecule has 7 heteroatoms. The van der Waals surface area contributed by atoms with E-state index in [9.17, 15) is 9.59 Å². The van der Waals surface area contributed by atoms with Gasteiger partial charge in [0, 0.05) is 41.6 Å². The second kappa shape index (κ2) is 12.6. The third-order valence-corrected chi connectivity index (χ3v) is 10.0. The zero-order chi connectivity index (χ0) is 30.9. The number of ether oxygens (including phenoxy) is 1. The Bertz CT molecular complexity index is 1710. The van der Waals surface area contributed by atoms with Gasteiger partial charge in [0.25, 0.3) is 11.8 Å². The van der Waals surface area contributed by atoms with Crippen LogP contribution in [0, 0.1) is 6.92 Å². The van der Waals surface area contributed by atoms with E-state index in [-0.39, 0.29) is 11.8 Å². The smallest absolute Gasteiger partial charge is 0.270 e. The van der Waals surface area contributed by atoms with Crippen LogP contribution in [-0.4, -0.2) is 65.5 Å². The molecule has 1 aromatic heterocycles. The van der Waals surface area contributed by atoms with E-state index in [0.29, 0.717) is 36.1 Å². The number of amides is 2. The number of anilines is 1. The largest absolute Gasteiger partial charge is 0.496 e. The molecule has 4 aromatic rings. The fourth-order valence-electron chi connectivity index (χ4n) is 7.49. The van der Waals surface area contributed by atoms with Crippen molar-refractivity contribution in [3.8, 4) is 16.9 Å². The fourth-order valence-corrected chi connectivity index (χ4v) is 7.49. The Hall–Kier alpha value is -4.36. The third kappa shape index (κ3) is 5.66. The van der Waals surface area contributed by atoms with Gasteiger partial charge in [0.2, 0.25) is 0 Å². The molecular formula is C38H42N4O3. The van der Waals surface area contributed by atoms with Crippen LogP contribution >= 0.6 is 0 Å². The van der Waals surface area contributed by atoms with Gasteiger partial charge in [0.1, 0.15) is 11.4 Å². The number of benzene rings is 3. The van der Waals surface area contributed by atoms with E-state index in [4.69, 9.17) is 4.74 Å². The summed E-state index contributed by atoms with van der Waals surface area (Å²) in [5.41, 5.74) is 7.29. The summed E-state index contributed by atoms with van der Waals surface area (Å²) in [6.45, 7) is 6.98. The predicted octanol–water partition coefficient (Wildman–Crippen LogP) is 6.77. The first-order valence-corrected chi connectivity index (χ1v) is 16.4. The highest BCUT2D eigenvalue weighted by Gasteiger charge is 2.32. The first-order valence-electron chi connectivity index (χ1n) is 16.4. The molecule has 3 aliphatic rings. The molecule has 0 radical (unpaired) electrons. The van der Waals surface area contributed by atoms with Crippen molar-refractivity contribution in [2.75, 3.05) is 38.2 Å². The maximum atomic E-state index is 14.2. The van der Waals surface area contributed by atoms with Crippen molar-refractivity contribution in [1.82, 2.24) is 14.4 Å². The van der Waals surface area contributed by atoms with E-state index in [1.54, 1.807) is 7.11 Å². The number of hydrogen-bond acceptors (Lipinski definition) is 4. The Labute approximate surface area is 266 Å². The Morgan fingerprint density at radius 1 is 0.756 bits per heavy atom. The number of methoxy groups -OCH3 is 1. The third-order valence-electron chi connectivity index (χ3n) is 10.0. The van der Waals surface area contributed by atoms with Gasteiger partial charge in [-0.1, -0.05) is 48.9 Å². The molecule has 7 nitrogen and oxygen atoms in total. The number of carbonyl (C=O) groups excluding carboxylic acids is 2. The number of aryl methyl sites for hydroxylation is 1. The van der Waals surface area contributed by atoms with Gasteiger partial charge >= 0.3 is 0 Å². The van der Waals surface area contributed by atoms with Gasteiger partial charge < -0.3 is 24.0 Å². The average molecular weight is 603 g/mol. The Kier molecular flexibility index (Phi) is 8.19. The summed E-state index contributed by atoms with van der Waals surface area (Å²) < 4.78 is 7.91. The molecule has 7 rings (SSSR count). The minimum absolute atomic E-state index is 0.0899. The molecule has 0 N–H and O–H groups in total. The molecule has 0 atom stereocenters. The van der Waals surface area contributed by atoms with Crippen LogP contribution < -0.4 is 9.64 Å². The molecule has 45 heavy (non-hydrogen) atoms. The highest BCUT2D eigenvalue weighted by molar-refractivity contribution is 6.07. The van der Waals surface area contributed by atoms with Gasteiger partial charge in [0.15, 0.2) is 0 Å². The Morgan fingerprint density at radius 2 is 1.51 bits per heavy atom. The number of likely N-dealkylation sites (tertiary alicyclic amines) is 2. The standard InChI is InChI=1S/C38H42N4O3/c1-27-10-4-6-12-32(27)33-16-14-28(24-36(33)45-2)37(43)42-26-31-15-17-35(41(31)25-29-11-5-7-13-34(29)42)38(44)40-22-18-30(19-23-40)39-20-8-3-9-21-39/h4-7,10-17,24,30H,3,8-9,18-23,25-26H2,1-2H3. The summed E-state index contributed by atoms with van der Waals surface area (Å²) in [6.07, 6.45) is 6.01. The van der Waals surface area contributed by atoms with Crippen LogP contribution in [0.4, 0.5) is 5.69 Å². The summed E-state index contributed by atoms with van der Waals surface area (Å²) in [4.78, 5) is 34.7. The highest BCUT2D eigenvalue weighted by Crippen LogP contribution is 2.35. The van der Waals surface area contributed by atoms with E-state index >= 15 is 0 Å². The molecule has 232 valence electrons.